The lowest BCUT2D eigenvalue weighted by Gasteiger charge is -2.13. The Morgan fingerprint density at radius 3 is 2.82 bits per heavy atom. The fourth-order valence-electron chi connectivity index (χ4n) is 1.02. The zero-order chi connectivity index (χ0) is 12.8. The number of carbonyl (C=O) groups excluding carboxylic acids is 1. The fourth-order valence-corrected chi connectivity index (χ4v) is 1.02. The van der Waals surface area contributed by atoms with E-state index < -0.39 is 4.92 Å². The number of hydroxylamine groups is 2. The van der Waals surface area contributed by atoms with Crippen LogP contribution >= 0.6 is 0 Å². The predicted molar refractivity (Wildman–Crippen MR) is 58.4 cm³/mol. The Balaban J connectivity index is 2.60. The van der Waals surface area contributed by atoms with Gasteiger partial charge in [-0.2, -0.15) is 0 Å². The fraction of sp³-hybridized carbons (Fsp3) is 0.300. The van der Waals surface area contributed by atoms with Crippen molar-refractivity contribution >= 4 is 11.6 Å². The van der Waals surface area contributed by atoms with Crippen LogP contribution in [-0.4, -0.2) is 36.7 Å². The molecule has 92 valence electrons. The van der Waals surface area contributed by atoms with Gasteiger partial charge in [0.15, 0.2) is 6.61 Å². The van der Waals surface area contributed by atoms with Gasteiger partial charge in [-0.3, -0.25) is 19.7 Å². The highest BCUT2D eigenvalue weighted by Crippen LogP contribution is 2.18. The molecule has 1 aromatic carbocycles. The minimum atomic E-state index is -0.532. The molecule has 0 atom stereocenters. The van der Waals surface area contributed by atoms with Crippen LogP contribution in [0.1, 0.15) is 0 Å². The van der Waals surface area contributed by atoms with E-state index in [1.807, 2.05) is 0 Å². The first kappa shape index (κ1) is 12.9. The van der Waals surface area contributed by atoms with E-state index in [4.69, 9.17) is 4.74 Å². The highest BCUT2D eigenvalue weighted by atomic mass is 16.7. The number of likely N-dealkylation sites (N-methyl/N-ethyl adjacent to an activating group) is 1. The number of nitro groups is 1. The SMILES string of the molecule is CON(C)C(=O)COc1cccc([N+](=O)[O-])c1. The lowest BCUT2D eigenvalue weighted by molar-refractivity contribution is -0.384. The molecule has 0 aliphatic heterocycles. The predicted octanol–water partition coefficient (Wildman–Crippen LogP) is 0.993. The number of nitrogens with zero attached hydrogens (tertiary/aromatic N) is 2. The third-order valence-corrected chi connectivity index (χ3v) is 2.02. The second kappa shape index (κ2) is 5.80. The van der Waals surface area contributed by atoms with Crippen molar-refractivity contribution in [2.24, 2.45) is 0 Å². The third-order valence-electron chi connectivity index (χ3n) is 2.02. The Bertz CT molecular complexity index is 421. The summed E-state index contributed by atoms with van der Waals surface area (Å²) in [6, 6.07) is 5.61. The van der Waals surface area contributed by atoms with Gasteiger partial charge in [-0.25, -0.2) is 5.06 Å². The average Bonchev–Trinajstić information content (AvgIpc) is 2.35. The number of non-ortho nitro benzene ring substituents is 1. The van der Waals surface area contributed by atoms with E-state index >= 15 is 0 Å². The van der Waals surface area contributed by atoms with Crippen LogP contribution in [0.15, 0.2) is 24.3 Å². The van der Waals surface area contributed by atoms with Crippen molar-refractivity contribution in [3.63, 3.8) is 0 Å². The molecule has 0 aromatic heterocycles. The van der Waals surface area contributed by atoms with Crippen molar-refractivity contribution in [3.05, 3.63) is 34.4 Å². The molecular weight excluding hydrogens is 228 g/mol. The van der Waals surface area contributed by atoms with E-state index in [0.29, 0.717) is 0 Å². The summed E-state index contributed by atoms with van der Waals surface area (Å²) in [5.74, 6) is -0.129. The van der Waals surface area contributed by atoms with Gasteiger partial charge in [-0.1, -0.05) is 6.07 Å². The normalized spacial score (nSPS) is 9.76. The molecule has 1 aromatic rings. The number of rotatable bonds is 5. The van der Waals surface area contributed by atoms with Gasteiger partial charge in [0.25, 0.3) is 11.6 Å². The van der Waals surface area contributed by atoms with Crippen molar-refractivity contribution in [2.75, 3.05) is 20.8 Å². The molecule has 0 bridgehead atoms. The molecular formula is C10H12N2O5. The second-order valence-electron chi connectivity index (χ2n) is 3.12. The molecule has 0 fully saturated rings. The van der Waals surface area contributed by atoms with Crippen LogP contribution in [0.2, 0.25) is 0 Å². The number of hydrogen-bond acceptors (Lipinski definition) is 5. The number of benzene rings is 1. The van der Waals surface area contributed by atoms with Gasteiger partial charge >= 0.3 is 0 Å². The van der Waals surface area contributed by atoms with Crippen LogP contribution in [0.25, 0.3) is 0 Å². The summed E-state index contributed by atoms with van der Waals surface area (Å²) in [6.45, 7) is -0.245. The summed E-state index contributed by atoms with van der Waals surface area (Å²) in [7, 11) is 2.80. The summed E-state index contributed by atoms with van der Waals surface area (Å²) >= 11 is 0. The highest BCUT2D eigenvalue weighted by Gasteiger charge is 2.10. The summed E-state index contributed by atoms with van der Waals surface area (Å²) in [5.41, 5.74) is -0.0879. The largest absolute Gasteiger partial charge is 0.483 e. The van der Waals surface area contributed by atoms with E-state index in [9.17, 15) is 14.9 Å². The van der Waals surface area contributed by atoms with Crippen molar-refractivity contribution < 1.29 is 19.3 Å². The van der Waals surface area contributed by atoms with Crippen molar-refractivity contribution in [3.8, 4) is 5.75 Å². The highest BCUT2D eigenvalue weighted by molar-refractivity contribution is 5.76. The summed E-state index contributed by atoms with van der Waals surface area (Å²) in [6.07, 6.45) is 0. The van der Waals surface area contributed by atoms with Gasteiger partial charge in [-0.05, 0) is 6.07 Å². The zero-order valence-electron chi connectivity index (χ0n) is 9.45. The molecule has 7 heteroatoms. The number of amides is 1. The third kappa shape index (κ3) is 3.72. The molecule has 7 nitrogen and oxygen atoms in total. The minimum Gasteiger partial charge on any atom is -0.483 e. The molecule has 0 aliphatic rings. The Labute approximate surface area is 97.6 Å². The second-order valence-corrected chi connectivity index (χ2v) is 3.12. The average molecular weight is 240 g/mol. The molecule has 0 unspecified atom stereocenters. The first-order chi connectivity index (χ1) is 8.04. The van der Waals surface area contributed by atoms with Crippen LogP contribution in [0.3, 0.4) is 0 Å². The number of hydrogen-bond donors (Lipinski definition) is 0. The lowest BCUT2D eigenvalue weighted by atomic mass is 10.3. The Morgan fingerprint density at radius 2 is 2.24 bits per heavy atom. The quantitative estimate of drug-likeness (QED) is 0.566. The molecule has 0 saturated carbocycles. The van der Waals surface area contributed by atoms with Crippen LogP contribution in [0.5, 0.6) is 5.75 Å². The van der Waals surface area contributed by atoms with Crippen LogP contribution in [0.4, 0.5) is 5.69 Å². The Morgan fingerprint density at radius 1 is 1.53 bits per heavy atom. The van der Waals surface area contributed by atoms with Gasteiger partial charge in [0.05, 0.1) is 18.1 Å². The minimum absolute atomic E-state index is 0.0879. The van der Waals surface area contributed by atoms with Crippen LogP contribution < -0.4 is 4.74 Å². The molecule has 0 heterocycles. The first-order valence-electron chi connectivity index (χ1n) is 4.72. The van der Waals surface area contributed by atoms with E-state index in [-0.39, 0.29) is 24.0 Å². The van der Waals surface area contributed by atoms with Gasteiger partial charge in [0.2, 0.25) is 0 Å². The number of nitro benzene ring substituents is 1. The molecule has 1 rings (SSSR count). The Kier molecular flexibility index (Phi) is 4.41. The van der Waals surface area contributed by atoms with Gasteiger partial charge in [0.1, 0.15) is 5.75 Å². The van der Waals surface area contributed by atoms with Crippen LogP contribution in [0, 0.1) is 10.1 Å². The molecule has 17 heavy (non-hydrogen) atoms. The van der Waals surface area contributed by atoms with E-state index in [1.165, 1.54) is 38.4 Å². The van der Waals surface area contributed by atoms with E-state index in [1.54, 1.807) is 0 Å². The first-order valence-corrected chi connectivity index (χ1v) is 4.72. The topological polar surface area (TPSA) is 81.9 Å². The monoisotopic (exact) mass is 240 g/mol. The van der Waals surface area contributed by atoms with Crippen molar-refractivity contribution in [2.45, 2.75) is 0 Å². The van der Waals surface area contributed by atoms with Crippen molar-refractivity contribution in [1.29, 1.82) is 0 Å². The maximum atomic E-state index is 11.3. The molecule has 1 amide bonds. The number of ether oxygens (including phenoxy) is 1. The summed E-state index contributed by atoms with van der Waals surface area (Å²) in [4.78, 5) is 25.9. The standard InChI is InChI=1S/C10H12N2O5/c1-11(16-2)10(13)7-17-9-5-3-4-8(6-9)12(14)15/h3-6H,7H2,1-2H3. The zero-order valence-corrected chi connectivity index (χ0v) is 9.45. The molecule has 0 aliphatic carbocycles. The summed E-state index contributed by atoms with van der Waals surface area (Å²) in [5, 5.41) is 11.5. The molecule has 0 N–H and O–H groups in total. The van der Waals surface area contributed by atoms with E-state index in [0.717, 1.165) is 5.06 Å². The van der Waals surface area contributed by atoms with Gasteiger partial charge < -0.3 is 4.74 Å². The van der Waals surface area contributed by atoms with Crippen LogP contribution in [-0.2, 0) is 9.63 Å². The molecule has 0 saturated heterocycles. The molecule has 0 radical (unpaired) electrons. The van der Waals surface area contributed by atoms with Crippen molar-refractivity contribution in [1.82, 2.24) is 5.06 Å². The van der Waals surface area contributed by atoms with E-state index in [2.05, 4.69) is 4.84 Å². The maximum Gasteiger partial charge on any atom is 0.283 e. The number of carbonyl (C=O) groups is 1. The van der Waals surface area contributed by atoms with Gasteiger partial charge in [0, 0.05) is 13.1 Å². The maximum absolute atomic E-state index is 11.3. The Hall–Kier alpha value is -2.15. The summed E-state index contributed by atoms with van der Waals surface area (Å²) < 4.78 is 5.11. The molecule has 0 spiro atoms. The smallest absolute Gasteiger partial charge is 0.283 e. The lowest BCUT2D eigenvalue weighted by Crippen LogP contribution is -2.30. The van der Waals surface area contributed by atoms with Gasteiger partial charge in [-0.15, -0.1) is 0 Å².